The molecule has 5 rings (SSSR count). The van der Waals surface area contributed by atoms with Crippen LogP contribution in [0.1, 0.15) is 6.92 Å². The Bertz CT molecular complexity index is 1180. The maximum absolute atomic E-state index is 5.88. The smallest absolute Gasteiger partial charge is 0.127 e. The molecule has 0 saturated carbocycles. The van der Waals surface area contributed by atoms with E-state index < -0.39 is 0 Å². The maximum Gasteiger partial charge on any atom is 0.127 e. The monoisotopic (exact) mass is 379 g/mol. The molecule has 0 saturated heterocycles. The van der Waals surface area contributed by atoms with Gasteiger partial charge in [0.2, 0.25) is 0 Å². The fourth-order valence-electron chi connectivity index (χ4n) is 3.63. The number of ether oxygens (including phenoxy) is 1. The molecule has 29 heavy (non-hydrogen) atoms. The fourth-order valence-corrected chi connectivity index (χ4v) is 3.63. The van der Waals surface area contributed by atoms with Gasteiger partial charge in [-0.1, -0.05) is 24.3 Å². The van der Waals surface area contributed by atoms with E-state index in [1.54, 1.807) is 0 Å². The Kier molecular flexibility index (Phi) is 4.45. The van der Waals surface area contributed by atoms with Crippen molar-refractivity contribution in [2.24, 2.45) is 4.99 Å². The van der Waals surface area contributed by atoms with Crippen LogP contribution in [0, 0.1) is 0 Å². The lowest BCUT2D eigenvalue weighted by Gasteiger charge is -2.18. The molecule has 4 nitrogen and oxygen atoms in total. The van der Waals surface area contributed by atoms with Crippen LogP contribution in [0.25, 0.3) is 22.2 Å². The van der Waals surface area contributed by atoms with Crippen LogP contribution in [0.15, 0.2) is 89.9 Å². The third-order valence-electron chi connectivity index (χ3n) is 5.17. The van der Waals surface area contributed by atoms with Crippen molar-refractivity contribution in [2.45, 2.75) is 6.92 Å². The van der Waals surface area contributed by atoms with Crippen molar-refractivity contribution in [3.8, 4) is 22.8 Å². The topological polar surface area (TPSA) is 37.7 Å². The van der Waals surface area contributed by atoms with E-state index in [1.807, 2.05) is 54.6 Å². The molecular formula is C25H21N3O. The van der Waals surface area contributed by atoms with Crippen LogP contribution >= 0.6 is 0 Å². The van der Waals surface area contributed by atoms with Crippen molar-refractivity contribution in [2.75, 3.05) is 18.0 Å². The van der Waals surface area contributed by atoms with Crippen molar-refractivity contribution in [1.82, 2.24) is 4.98 Å². The van der Waals surface area contributed by atoms with Gasteiger partial charge in [0.05, 0.1) is 17.8 Å². The van der Waals surface area contributed by atoms with E-state index in [2.05, 4.69) is 47.1 Å². The van der Waals surface area contributed by atoms with Crippen molar-refractivity contribution < 1.29 is 4.74 Å². The van der Waals surface area contributed by atoms with Crippen LogP contribution in [-0.4, -0.2) is 23.9 Å². The first-order valence-corrected chi connectivity index (χ1v) is 9.79. The van der Waals surface area contributed by atoms with Crippen molar-refractivity contribution in [3.05, 3.63) is 84.9 Å². The van der Waals surface area contributed by atoms with Crippen LogP contribution in [-0.2, 0) is 0 Å². The molecule has 0 fully saturated rings. The van der Waals surface area contributed by atoms with E-state index in [9.17, 15) is 0 Å². The van der Waals surface area contributed by atoms with Crippen LogP contribution < -0.4 is 9.64 Å². The number of pyridine rings is 1. The number of anilines is 1. The van der Waals surface area contributed by atoms with Gasteiger partial charge in [0, 0.05) is 23.2 Å². The largest absolute Gasteiger partial charge is 0.457 e. The molecule has 4 aromatic rings. The van der Waals surface area contributed by atoms with E-state index in [1.165, 1.54) is 5.69 Å². The molecule has 1 aliphatic rings. The molecule has 0 spiro atoms. The molecule has 0 bridgehead atoms. The van der Waals surface area contributed by atoms with Gasteiger partial charge >= 0.3 is 0 Å². The number of aliphatic imine (C=N–C) groups is 1. The molecule has 4 heteroatoms. The molecule has 0 amide bonds. The highest BCUT2D eigenvalue weighted by Gasteiger charge is 2.15. The highest BCUT2D eigenvalue weighted by Crippen LogP contribution is 2.28. The summed E-state index contributed by atoms with van der Waals surface area (Å²) in [5, 5.41) is 1.13. The Morgan fingerprint density at radius 3 is 2.38 bits per heavy atom. The average molecular weight is 379 g/mol. The Balaban J connectivity index is 1.39. The summed E-state index contributed by atoms with van der Waals surface area (Å²) in [7, 11) is 0. The summed E-state index contributed by atoms with van der Waals surface area (Å²) in [5.74, 6) is 2.72. The van der Waals surface area contributed by atoms with E-state index in [4.69, 9.17) is 9.72 Å². The van der Waals surface area contributed by atoms with E-state index in [0.29, 0.717) is 0 Å². The predicted molar refractivity (Wildman–Crippen MR) is 119 cm³/mol. The molecule has 142 valence electrons. The summed E-state index contributed by atoms with van der Waals surface area (Å²) in [6, 6.07) is 28.5. The van der Waals surface area contributed by atoms with Gasteiger partial charge in [0.25, 0.3) is 0 Å². The number of para-hydroxylation sites is 1. The quantitative estimate of drug-likeness (QED) is 0.441. The second kappa shape index (κ2) is 7.40. The number of amidine groups is 1. The normalized spacial score (nSPS) is 13.6. The van der Waals surface area contributed by atoms with Crippen molar-refractivity contribution in [1.29, 1.82) is 0 Å². The van der Waals surface area contributed by atoms with Gasteiger partial charge in [-0.2, -0.15) is 0 Å². The molecule has 1 aromatic heterocycles. The minimum atomic E-state index is 0.813. The number of hydrogen-bond acceptors (Lipinski definition) is 4. The molecule has 1 aliphatic heterocycles. The van der Waals surface area contributed by atoms with Gasteiger partial charge in [-0.25, -0.2) is 4.98 Å². The second-order valence-corrected chi connectivity index (χ2v) is 7.09. The zero-order valence-corrected chi connectivity index (χ0v) is 16.2. The molecule has 0 radical (unpaired) electrons. The molecule has 2 heterocycles. The van der Waals surface area contributed by atoms with Gasteiger partial charge in [-0.15, -0.1) is 0 Å². The number of nitrogens with zero attached hydrogens (tertiary/aromatic N) is 3. The van der Waals surface area contributed by atoms with Crippen LogP contribution in [0.3, 0.4) is 0 Å². The van der Waals surface area contributed by atoms with E-state index in [0.717, 1.165) is 52.6 Å². The molecule has 0 unspecified atom stereocenters. The third kappa shape index (κ3) is 3.57. The lowest BCUT2D eigenvalue weighted by Crippen LogP contribution is -2.24. The molecule has 3 aromatic carbocycles. The molecule has 0 aliphatic carbocycles. The van der Waals surface area contributed by atoms with Gasteiger partial charge in [0.1, 0.15) is 17.3 Å². The van der Waals surface area contributed by atoms with Gasteiger partial charge < -0.3 is 9.64 Å². The zero-order chi connectivity index (χ0) is 19.6. The van der Waals surface area contributed by atoms with E-state index >= 15 is 0 Å². The summed E-state index contributed by atoms with van der Waals surface area (Å²) in [6.45, 7) is 3.87. The predicted octanol–water partition coefficient (Wildman–Crippen LogP) is 5.93. The molecule has 0 N–H and O–H groups in total. The van der Waals surface area contributed by atoms with Crippen molar-refractivity contribution >= 4 is 22.4 Å². The first-order chi connectivity index (χ1) is 14.3. The summed E-state index contributed by atoms with van der Waals surface area (Å²) in [6.07, 6.45) is 0. The SMILES string of the molecule is CC1=NCCN1c1ccc2nc(-c3ccc(Oc4ccccc4)cc3)ccc2c1. The fraction of sp³-hybridized carbons (Fsp3) is 0.120. The Morgan fingerprint density at radius 1 is 0.828 bits per heavy atom. The molecular weight excluding hydrogens is 358 g/mol. The summed E-state index contributed by atoms with van der Waals surface area (Å²) in [4.78, 5) is 11.6. The number of rotatable bonds is 4. The van der Waals surface area contributed by atoms with Gasteiger partial charge in [0.15, 0.2) is 0 Å². The highest BCUT2D eigenvalue weighted by molar-refractivity contribution is 5.99. The number of hydrogen-bond donors (Lipinski definition) is 0. The standard InChI is InChI=1S/C25H21N3O/c1-18-26-15-16-28(18)21-10-14-25-20(17-21)9-13-24(27-25)19-7-11-23(12-8-19)29-22-5-3-2-4-6-22/h2-14,17H,15-16H2,1H3. The highest BCUT2D eigenvalue weighted by atomic mass is 16.5. The first-order valence-electron chi connectivity index (χ1n) is 9.79. The van der Waals surface area contributed by atoms with E-state index in [-0.39, 0.29) is 0 Å². The van der Waals surface area contributed by atoms with Gasteiger partial charge in [-0.05, 0) is 67.6 Å². The van der Waals surface area contributed by atoms with Crippen LogP contribution in [0.4, 0.5) is 5.69 Å². The minimum Gasteiger partial charge on any atom is -0.457 e. The minimum absolute atomic E-state index is 0.813. The Hall–Kier alpha value is -3.66. The maximum atomic E-state index is 5.88. The summed E-state index contributed by atoms with van der Waals surface area (Å²) in [5.41, 5.74) is 4.19. The lowest BCUT2D eigenvalue weighted by atomic mass is 10.1. The lowest BCUT2D eigenvalue weighted by molar-refractivity contribution is 0.483. The molecule has 0 atom stereocenters. The Morgan fingerprint density at radius 2 is 1.62 bits per heavy atom. The van der Waals surface area contributed by atoms with Crippen molar-refractivity contribution in [3.63, 3.8) is 0 Å². The van der Waals surface area contributed by atoms with Crippen LogP contribution in [0.2, 0.25) is 0 Å². The third-order valence-corrected chi connectivity index (χ3v) is 5.17. The number of benzene rings is 3. The zero-order valence-electron chi connectivity index (χ0n) is 16.2. The summed E-state index contributed by atoms with van der Waals surface area (Å²) < 4.78 is 5.88. The first kappa shape index (κ1) is 17.4. The average Bonchev–Trinajstić information content (AvgIpc) is 3.20. The number of aromatic nitrogens is 1. The second-order valence-electron chi connectivity index (χ2n) is 7.09. The summed E-state index contributed by atoms with van der Waals surface area (Å²) >= 11 is 0. The Labute approximate surface area is 170 Å². The van der Waals surface area contributed by atoms with Crippen LogP contribution in [0.5, 0.6) is 11.5 Å². The number of fused-ring (bicyclic) bond motifs is 1. The van der Waals surface area contributed by atoms with Gasteiger partial charge in [-0.3, -0.25) is 4.99 Å².